The first-order chi connectivity index (χ1) is 10.4. The summed E-state index contributed by atoms with van der Waals surface area (Å²) < 4.78 is 1.81. The third kappa shape index (κ3) is 2.86. The zero-order valence-electron chi connectivity index (χ0n) is 13.6. The molecule has 4 nitrogen and oxygen atoms in total. The number of hydrogen-bond donors (Lipinski definition) is 0. The molecule has 114 valence electrons. The van der Waals surface area contributed by atoms with E-state index in [9.17, 15) is 0 Å². The third-order valence-corrected chi connectivity index (χ3v) is 4.65. The Hall–Kier alpha value is -1.88. The molecular formula is C17H20N4S. The first-order valence-electron chi connectivity index (χ1n) is 7.34. The van der Waals surface area contributed by atoms with E-state index in [2.05, 4.69) is 48.0 Å². The highest BCUT2D eigenvalue weighted by atomic mass is 32.2. The Morgan fingerprint density at radius 2 is 1.64 bits per heavy atom. The molecular weight excluding hydrogens is 292 g/mol. The van der Waals surface area contributed by atoms with Gasteiger partial charge in [0.2, 0.25) is 5.16 Å². The van der Waals surface area contributed by atoms with Gasteiger partial charge in [-0.2, -0.15) is 4.98 Å². The molecule has 2 aromatic heterocycles. The molecule has 0 unspecified atom stereocenters. The van der Waals surface area contributed by atoms with Crippen molar-refractivity contribution in [2.45, 2.75) is 45.5 Å². The molecule has 0 amide bonds. The van der Waals surface area contributed by atoms with Gasteiger partial charge in [0.25, 0.3) is 5.78 Å². The van der Waals surface area contributed by atoms with Crippen LogP contribution in [0.3, 0.4) is 0 Å². The van der Waals surface area contributed by atoms with Crippen molar-refractivity contribution in [3.05, 3.63) is 51.8 Å². The van der Waals surface area contributed by atoms with Gasteiger partial charge in [0.05, 0.1) is 0 Å². The number of fused-ring (bicyclic) bond motifs is 1. The van der Waals surface area contributed by atoms with Gasteiger partial charge in [-0.25, -0.2) is 9.50 Å². The highest BCUT2D eigenvalue weighted by Gasteiger charge is 2.10. The zero-order valence-corrected chi connectivity index (χ0v) is 14.5. The lowest BCUT2D eigenvalue weighted by Gasteiger charge is -2.09. The van der Waals surface area contributed by atoms with Gasteiger partial charge in [0.1, 0.15) is 0 Å². The summed E-state index contributed by atoms with van der Waals surface area (Å²) in [7, 11) is 0. The topological polar surface area (TPSA) is 43.1 Å². The van der Waals surface area contributed by atoms with E-state index >= 15 is 0 Å². The second kappa shape index (κ2) is 5.72. The highest BCUT2D eigenvalue weighted by molar-refractivity contribution is 7.98. The maximum absolute atomic E-state index is 4.55. The largest absolute Gasteiger partial charge is 0.253 e. The molecule has 0 atom stereocenters. The molecule has 22 heavy (non-hydrogen) atoms. The summed E-state index contributed by atoms with van der Waals surface area (Å²) in [5, 5.41) is 5.33. The molecule has 0 bridgehead atoms. The fraction of sp³-hybridized carbons (Fsp3) is 0.353. The van der Waals surface area contributed by atoms with Gasteiger partial charge in [-0.05, 0) is 57.4 Å². The summed E-state index contributed by atoms with van der Waals surface area (Å²) in [6, 6.07) is 6.48. The van der Waals surface area contributed by atoms with Crippen LogP contribution < -0.4 is 0 Å². The molecule has 0 aliphatic carbocycles. The number of hydrogen-bond acceptors (Lipinski definition) is 4. The van der Waals surface area contributed by atoms with Gasteiger partial charge < -0.3 is 0 Å². The minimum atomic E-state index is 0.678. The highest BCUT2D eigenvalue weighted by Crippen LogP contribution is 2.25. The predicted molar refractivity (Wildman–Crippen MR) is 90.5 cm³/mol. The fourth-order valence-corrected chi connectivity index (χ4v) is 3.80. The lowest BCUT2D eigenvalue weighted by atomic mass is 10.0. The summed E-state index contributed by atoms with van der Waals surface area (Å²) in [5.41, 5.74) is 7.38. The van der Waals surface area contributed by atoms with E-state index in [0.29, 0.717) is 5.78 Å². The minimum absolute atomic E-state index is 0.678. The second-order valence-corrected chi connectivity index (χ2v) is 6.75. The number of thioether (sulfide) groups is 1. The molecule has 3 aromatic rings. The Balaban J connectivity index is 1.87. The van der Waals surface area contributed by atoms with Crippen LogP contribution in [0.15, 0.2) is 23.4 Å². The summed E-state index contributed by atoms with van der Waals surface area (Å²) in [6.07, 6.45) is 0. The Bertz CT molecular complexity index is 828. The number of rotatable bonds is 3. The molecule has 0 radical (unpaired) electrons. The zero-order chi connectivity index (χ0) is 15.9. The van der Waals surface area contributed by atoms with Gasteiger partial charge in [-0.15, -0.1) is 5.10 Å². The van der Waals surface area contributed by atoms with Crippen molar-refractivity contribution in [2.24, 2.45) is 0 Å². The monoisotopic (exact) mass is 312 g/mol. The van der Waals surface area contributed by atoms with E-state index in [-0.39, 0.29) is 0 Å². The van der Waals surface area contributed by atoms with Crippen LogP contribution in [-0.2, 0) is 5.75 Å². The Labute approximate surface area is 135 Å². The molecule has 0 fully saturated rings. The number of nitrogens with zero attached hydrogens (tertiary/aromatic N) is 4. The molecule has 2 heterocycles. The van der Waals surface area contributed by atoms with Crippen molar-refractivity contribution in [3.63, 3.8) is 0 Å². The van der Waals surface area contributed by atoms with E-state index in [0.717, 1.165) is 22.3 Å². The molecule has 5 heteroatoms. The maximum Gasteiger partial charge on any atom is 0.253 e. The average molecular weight is 312 g/mol. The van der Waals surface area contributed by atoms with Crippen LogP contribution in [0.4, 0.5) is 0 Å². The third-order valence-electron chi connectivity index (χ3n) is 3.78. The predicted octanol–water partition coefficient (Wildman–Crippen LogP) is 3.96. The van der Waals surface area contributed by atoms with Crippen molar-refractivity contribution in [1.82, 2.24) is 19.6 Å². The molecule has 0 saturated heterocycles. The first-order valence-corrected chi connectivity index (χ1v) is 8.33. The van der Waals surface area contributed by atoms with Crippen molar-refractivity contribution >= 4 is 17.5 Å². The Morgan fingerprint density at radius 1 is 0.955 bits per heavy atom. The van der Waals surface area contributed by atoms with Crippen LogP contribution >= 0.6 is 11.8 Å². The molecule has 0 aliphatic rings. The van der Waals surface area contributed by atoms with Crippen LogP contribution in [0.5, 0.6) is 0 Å². The van der Waals surface area contributed by atoms with Crippen LogP contribution in [0.1, 0.15) is 33.6 Å². The van der Waals surface area contributed by atoms with E-state index in [1.165, 1.54) is 22.3 Å². The SMILES string of the molecule is Cc1cc(C)c(CSc2nc3nc(C)cc(C)n3n2)c(C)c1. The van der Waals surface area contributed by atoms with Crippen molar-refractivity contribution in [1.29, 1.82) is 0 Å². The summed E-state index contributed by atoms with van der Waals surface area (Å²) in [5.74, 6) is 1.56. The van der Waals surface area contributed by atoms with Gasteiger partial charge in [0.15, 0.2) is 0 Å². The van der Waals surface area contributed by atoms with Crippen molar-refractivity contribution < 1.29 is 0 Å². The van der Waals surface area contributed by atoms with Crippen LogP contribution in [0.2, 0.25) is 0 Å². The quantitative estimate of drug-likeness (QED) is 0.687. The van der Waals surface area contributed by atoms with Crippen molar-refractivity contribution in [3.8, 4) is 0 Å². The van der Waals surface area contributed by atoms with E-state index in [1.54, 1.807) is 11.8 Å². The number of aromatic nitrogens is 4. The minimum Gasteiger partial charge on any atom is -0.216 e. The lowest BCUT2D eigenvalue weighted by Crippen LogP contribution is -1.97. The molecule has 0 saturated carbocycles. The molecule has 0 spiro atoms. The van der Waals surface area contributed by atoms with Gasteiger partial charge in [-0.1, -0.05) is 29.5 Å². The van der Waals surface area contributed by atoms with E-state index in [4.69, 9.17) is 0 Å². The normalized spacial score (nSPS) is 11.3. The standard InChI is InChI=1S/C17H20N4S/c1-10-6-11(2)15(12(3)7-10)9-22-17-19-16-18-13(4)8-14(5)21(16)20-17/h6-8H,9H2,1-5H3. The summed E-state index contributed by atoms with van der Waals surface area (Å²) >= 11 is 1.66. The average Bonchev–Trinajstić information content (AvgIpc) is 2.80. The van der Waals surface area contributed by atoms with E-state index < -0.39 is 0 Å². The van der Waals surface area contributed by atoms with Crippen LogP contribution in [0.25, 0.3) is 5.78 Å². The molecule has 0 aliphatic heterocycles. The second-order valence-electron chi connectivity index (χ2n) is 5.81. The maximum atomic E-state index is 4.55. The fourth-order valence-electron chi connectivity index (χ4n) is 2.78. The van der Waals surface area contributed by atoms with Crippen LogP contribution in [-0.4, -0.2) is 19.6 Å². The molecule has 3 rings (SSSR count). The molecule has 0 N–H and O–H groups in total. The lowest BCUT2D eigenvalue weighted by molar-refractivity contribution is 0.843. The summed E-state index contributed by atoms with van der Waals surface area (Å²) in [6.45, 7) is 10.5. The number of benzene rings is 1. The van der Waals surface area contributed by atoms with Gasteiger partial charge in [-0.3, -0.25) is 0 Å². The summed E-state index contributed by atoms with van der Waals surface area (Å²) in [4.78, 5) is 8.96. The van der Waals surface area contributed by atoms with Gasteiger partial charge >= 0.3 is 0 Å². The smallest absolute Gasteiger partial charge is 0.216 e. The van der Waals surface area contributed by atoms with Gasteiger partial charge in [0, 0.05) is 17.1 Å². The van der Waals surface area contributed by atoms with Crippen molar-refractivity contribution in [2.75, 3.05) is 0 Å². The molecule has 1 aromatic carbocycles. The Kier molecular flexibility index (Phi) is 3.91. The first kappa shape index (κ1) is 15.0. The van der Waals surface area contributed by atoms with Crippen LogP contribution in [0, 0.1) is 34.6 Å². The van der Waals surface area contributed by atoms with E-state index in [1.807, 2.05) is 24.4 Å². The number of aryl methyl sites for hydroxylation is 5. The Morgan fingerprint density at radius 3 is 2.32 bits per heavy atom.